The van der Waals surface area contributed by atoms with E-state index in [-0.39, 0.29) is 18.0 Å². The van der Waals surface area contributed by atoms with Gasteiger partial charge in [-0.25, -0.2) is 9.78 Å². The van der Waals surface area contributed by atoms with E-state index in [2.05, 4.69) is 22.5 Å². The number of ether oxygens (including phenoxy) is 3. The second-order valence-electron chi connectivity index (χ2n) is 9.61. The summed E-state index contributed by atoms with van der Waals surface area (Å²) >= 11 is 0. The van der Waals surface area contributed by atoms with E-state index < -0.39 is 0 Å². The Morgan fingerprint density at radius 2 is 1.63 bits per heavy atom. The molecule has 1 atom stereocenters. The number of aromatic nitrogens is 3. The molecule has 2 aliphatic heterocycles. The Morgan fingerprint density at radius 1 is 0.947 bits per heavy atom. The van der Waals surface area contributed by atoms with Crippen LogP contribution in [0.3, 0.4) is 0 Å². The van der Waals surface area contributed by atoms with Gasteiger partial charge in [-0.1, -0.05) is 12.1 Å². The average molecular weight is 519 g/mol. The summed E-state index contributed by atoms with van der Waals surface area (Å²) in [6.07, 6.45) is 1.79. The third kappa shape index (κ3) is 6.45. The van der Waals surface area contributed by atoms with E-state index in [1.807, 2.05) is 48.5 Å². The van der Waals surface area contributed by atoms with E-state index in [0.29, 0.717) is 56.2 Å². The Kier molecular flexibility index (Phi) is 8.42. The minimum atomic E-state index is -0.317. The van der Waals surface area contributed by atoms with Crippen LogP contribution < -0.4 is 15.5 Å². The molecule has 2 aliphatic rings. The first kappa shape index (κ1) is 26.0. The third-order valence-electron chi connectivity index (χ3n) is 6.78. The maximum absolute atomic E-state index is 12.5. The van der Waals surface area contributed by atoms with Crippen molar-refractivity contribution >= 4 is 23.4 Å². The van der Waals surface area contributed by atoms with Crippen LogP contribution in [0.25, 0.3) is 11.4 Å². The number of carbonyl (C=O) groups is 1. The predicted molar refractivity (Wildman–Crippen MR) is 145 cm³/mol. The summed E-state index contributed by atoms with van der Waals surface area (Å²) in [6.45, 7) is 6.12. The summed E-state index contributed by atoms with van der Waals surface area (Å²) < 4.78 is 16.3. The van der Waals surface area contributed by atoms with E-state index in [4.69, 9.17) is 29.2 Å². The molecule has 0 bridgehead atoms. The van der Waals surface area contributed by atoms with Gasteiger partial charge in [0.05, 0.1) is 25.9 Å². The number of carbonyl (C=O) groups excluding carboxylic acids is 1. The van der Waals surface area contributed by atoms with E-state index >= 15 is 0 Å². The van der Waals surface area contributed by atoms with Crippen molar-refractivity contribution in [2.24, 2.45) is 0 Å². The lowest BCUT2D eigenvalue weighted by molar-refractivity contribution is 0.0834. The highest BCUT2D eigenvalue weighted by molar-refractivity contribution is 5.99. The molecule has 1 unspecified atom stereocenters. The lowest BCUT2D eigenvalue weighted by Crippen LogP contribution is -2.44. The fourth-order valence-corrected chi connectivity index (χ4v) is 4.65. The third-order valence-corrected chi connectivity index (χ3v) is 6.78. The van der Waals surface area contributed by atoms with Gasteiger partial charge in [-0.2, -0.15) is 9.97 Å². The minimum Gasteiger partial charge on any atom is -0.381 e. The predicted octanol–water partition coefficient (Wildman–Crippen LogP) is 4.45. The number of anilines is 3. The van der Waals surface area contributed by atoms with Gasteiger partial charge in [0.2, 0.25) is 5.95 Å². The van der Waals surface area contributed by atoms with Gasteiger partial charge >= 0.3 is 6.03 Å². The highest BCUT2D eigenvalue weighted by Gasteiger charge is 2.26. The van der Waals surface area contributed by atoms with E-state index in [1.54, 1.807) is 7.11 Å². The first-order valence-electron chi connectivity index (χ1n) is 13.0. The molecular formula is C28H34N6O4. The number of benzene rings is 2. The van der Waals surface area contributed by atoms with Gasteiger partial charge in [0.15, 0.2) is 5.82 Å². The van der Waals surface area contributed by atoms with Gasteiger partial charge in [-0.05, 0) is 61.7 Å². The lowest BCUT2D eigenvalue weighted by Gasteiger charge is -2.34. The second kappa shape index (κ2) is 12.3. The summed E-state index contributed by atoms with van der Waals surface area (Å²) in [5, 5.41) is 5.72. The number of morpholine rings is 1. The van der Waals surface area contributed by atoms with Crippen LogP contribution in [0.2, 0.25) is 0 Å². The average Bonchev–Trinajstić information content (AvgIpc) is 2.95. The summed E-state index contributed by atoms with van der Waals surface area (Å²) in [5.41, 5.74) is 3.28. The number of nitrogens with one attached hydrogen (secondary N) is 2. The summed E-state index contributed by atoms with van der Waals surface area (Å²) in [4.78, 5) is 29.3. The highest BCUT2D eigenvalue weighted by Crippen LogP contribution is 2.29. The van der Waals surface area contributed by atoms with Crippen LogP contribution in [-0.2, 0) is 20.8 Å². The standard InChI is InChI=1S/C28H34N6O4/c1-19-17-38-16-13-34(19)27-32-25(31-26(33-27)22-11-14-37-15-12-22)21-5-9-24(10-6-21)30-28(35)29-23-7-3-20(4-8-23)18-36-2/h3-10,19,22H,11-18H2,1-2H3,(H2,29,30,35). The van der Waals surface area contributed by atoms with Gasteiger partial charge in [-0.15, -0.1) is 0 Å². The Balaban J connectivity index is 1.32. The van der Waals surface area contributed by atoms with E-state index in [9.17, 15) is 4.79 Å². The van der Waals surface area contributed by atoms with Crippen LogP contribution in [0, 0.1) is 0 Å². The summed E-state index contributed by atoms with van der Waals surface area (Å²) in [5.74, 6) is 2.37. The SMILES string of the molecule is COCc1ccc(NC(=O)Nc2ccc(-c3nc(C4CCOCC4)nc(N4CCOCC4C)n3)cc2)cc1. The lowest BCUT2D eigenvalue weighted by atomic mass is 9.99. The summed E-state index contributed by atoms with van der Waals surface area (Å²) in [6, 6.07) is 15.0. The second-order valence-corrected chi connectivity index (χ2v) is 9.61. The first-order valence-corrected chi connectivity index (χ1v) is 13.0. The molecule has 0 aliphatic carbocycles. The van der Waals surface area contributed by atoms with Crippen molar-refractivity contribution in [3.63, 3.8) is 0 Å². The van der Waals surface area contributed by atoms with Crippen molar-refractivity contribution in [3.8, 4) is 11.4 Å². The zero-order chi connectivity index (χ0) is 26.3. The molecule has 38 heavy (non-hydrogen) atoms. The molecule has 10 nitrogen and oxygen atoms in total. The van der Waals surface area contributed by atoms with Gasteiger partial charge in [-0.3, -0.25) is 0 Å². The Labute approximate surface area is 222 Å². The largest absolute Gasteiger partial charge is 0.381 e. The van der Waals surface area contributed by atoms with Crippen LogP contribution in [-0.4, -0.2) is 67.1 Å². The monoisotopic (exact) mass is 518 g/mol. The van der Waals surface area contributed by atoms with Crippen molar-refractivity contribution in [1.29, 1.82) is 0 Å². The molecule has 0 spiro atoms. The molecule has 2 saturated heterocycles. The maximum atomic E-state index is 12.5. The number of hydrogen-bond acceptors (Lipinski definition) is 8. The molecule has 3 heterocycles. The summed E-state index contributed by atoms with van der Waals surface area (Å²) in [7, 11) is 1.65. The fourth-order valence-electron chi connectivity index (χ4n) is 4.65. The van der Waals surface area contributed by atoms with Crippen molar-refractivity contribution in [2.45, 2.75) is 38.3 Å². The minimum absolute atomic E-state index is 0.183. The van der Waals surface area contributed by atoms with Gasteiger partial charge < -0.3 is 29.7 Å². The molecule has 10 heteroatoms. The molecule has 2 fully saturated rings. The van der Waals surface area contributed by atoms with E-state index in [0.717, 1.165) is 36.3 Å². The van der Waals surface area contributed by atoms with Crippen molar-refractivity contribution in [1.82, 2.24) is 15.0 Å². The fraction of sp³-hybridized carbons (Fsp3) is 0.429. The van der Waals surface area contributed by atoms with Crippen LogP contribution >= 0.6 is 0 Å². The molecule has 2 N–H and O–H groups in total. The molecular weight excluding hydrogens is 484 g/mol. The zero-order valence-corrected chi connectivity index (χ0v) is 21.9. The number of nitrogens with zero attached hydrogens (tertiary/aromatic N) is 4. The smallest absolute Gasteiger partial charge is 0.323 e. The van der Waals surface area contributed by atoms with Crippen LogP contribution in [0.15, 0.2) is 48.5 Å². The van der Waals surface area contributed by atoms with Gasteiger partial charge in [0, 0.05) is 49.7 Å². The Bertz CT molecular complexity index is 1220. The molecule has 0 saturated carbocycles. The molecule has 2 amide bonds. The number of urea groups is 1. The Hall–Kier alpha value is -3.60. The molecule has 3 aromatic rings. The number of methoxy groups -OCH3 is 1. The van der Waals surface area contributed by atoms with E-state index in [1.165, 1.54) is 0 Å². The Morgan fingerprint density at radius 3 is 2.29 bits per heavy atom. The van der Waals surface area contributed by atoms with Gasteiger partial charge in [0.1, 0.15) is 5.82 Å². The zero-order valence-electron chi connectivity index (χ0n) is 21.9. The molecule has 2 aromatic carbocycles. The quantitative estimate of drug-likeness (QED) is 0.472. The maximum Gasteiger partial charge on any atom is 0.323 e. The van der Waals surface area contributed by atoms with Crippen molar-refractivity contribution < 1.29 is 19.0 Å². The van der Waals surface area contributed by atoms with Crippen molar-refractivity contribution in [2.75, 3.05) is 55.6 Å². The van der Waals surface area contributed by atoms with Crippen LogP contribution in [0.4, 0.5) is 22.1 Å². The van der Waals surface area contributed by atoms with Crippen molar-refractivity contribution in [3.05, 3.63) is 59.9 Å². The van der Waals surface area contributed by atoms with Crippen LogP contribution in [0.1, 0.15) is 37.1 Å². The molecule has 5 rings (SSSR count). The number of hydrogen-bond donors (Lipinski definition) is 2. The normalized spacial score (nSPS) is 18.3. The first-order chi connectivity index (χ1) is 18.6. The van der Waals surface area contributed by atoms with Gasteiger partial charge in [0.25, 0.3) is 0 Å². The molecule has 200 valence electrons. The highest BCUT2D eigenvalue weighted by atomic mass is 16.5. The van der Waals surface area contributed by atoms with Crippen LogP contribution in [0.5, 0.6) is 0 Å². The molecule has 0 radical (unpaired) electrons. The topological polar surface area (TPSA) is 111 Å². The number of rotatable bonds is 7. The number of amides is 2. The molecule has 1 aromatic heterocycles.